The lowest BCUT2D eigenvalue weighted by atomic mass is 9.80. The van der Waals surface area contributed by atoms with E-state index in [-0.39, 0.29) is 0 Å². The Morgan fingerprint density at radius 1 is 1.55 bits per heavy atom. The quantitative estimate of drug-likeness (QED) is 0.613. The maximum Gasteiger partial charge on any atom is 0.166 e. The van der Waals surface area contributed by atoms with Gasteiger partial charge in [0.2, 0.25) is 0 Å². The van der Waals surface area contributed by atoms with Gasteiger partial charge in [0, 0.05) is 13.1 Å². The van der Waals surface area contributed by atoms with Crippen LogP contribution in [0.5, 0.6) is 0 Å². The van der Waals surface area contributed by atoms with Crippen LogP contribution in [0.25, 0.3) is 0 Å². The van der Waals surface area contributed by atoms with Crippen LogP contribution in [0.15, 0.2) is 0 Å². The van der Waals surface area contributed by atoms with Crippen molar-refractivity contribution in [1.82, 2.24) is 10.6 Å². The van der Waals surface area contributed by atoms with Crippen LogP contribution in [-0.2, 0) is 0 Å². The second-order valence-electron chi connectivity index (χ2n) is 3.20. The number of rotatable bonds is 2. The van der Waals surface area contributed by atoms with E-state index in [1.807, 2.05) is 7.05 Å². The van der Waals surface area contributed by atoms with Gasteiger partial charge in [0.25, 0.3) is 0 Å². The molecule has 0 bridgehead atoms. The summed E-state index contributed by atoms with van der Waals surface area (Å²) in [5.74, 6) is 0.848. The summed E-state index contributed by atoms with van der Waals surface area (Å²) >= 11 is 5.00. The van der Waals surface area contributed by atoms with Gasteiger partial charge in [-0.2, -0.15) is 0 Å². The smallest absolute Gasteiger partial charge is 0.166 e. The predicted molar refractivity (Wildman–Crippen MR) is 51.6 cm³/mol. The van der Waals surface area contributed by atoms with Gasteiger partial charge in [0.15, 0.2) is 5.11 Å². The summed E-state index contributed by atoms with van der Waals surface area (Å²) in [6.45, 7) is 2.20. The van der Waals surface area contributed by atoms with E-state index in [0.29, 0.717) is 6.04 Å². The Labute approximate surface area is 73.7 Å². The molecule has 1 fully saturated rings. The molecule has 0 saturated heterocycles. The van der Waals surface area contributed by atoms with Crippen LogP contribution >= 0.6 is 12.2 Å². The van der Waals surface area contributed by atoms with E-state index in [1.54, 1.807) is 0 Å². The molecule has 0 radical (unpaired) electrons. The van der Waals surface area contributed by atoms with Crippen LogP contribution in [0, 0.1) is 5.92 Å². The average Bonchev–Trinajstić information content (AvgIpc) is 1.83. The highest BCUT2D eigenvalue weighted by atomic mass is 32.1. The molecule has 1 aliphatic rings. The lowest BCUT2D eigenvalue weighted by molar-refractivity contribution is 0.258. The number of hydrogen-bond donors (Lipinski definition) is 2. The van der Waals surface area contributed by atoms with Gasteiger partial charge in [-0.3, -0.25) is 0 Å². The minimum Gasteiger partial charge on any atom is -0.366 e. The van der Waals surface area contributed by atoms with Crippen LogP contribution in [0.1, 0.15) is 26.2 Å². The minimum absolute atomic E-state index is 0.545. The zero-order valence-corrected chi connectivity index (χ0v) is 8.00. The van der Waals surface area contributed by atoms with Gasteiger partial charge in [-0.1, -0.05) is 6.42 Å². The molecule has 11 heavy (non-hydrogen) atoms. The second kappa shape index (κ2) is 3.90. The van der Waals surface area contributed by atoms with Crippen molar-refractivity contribution in [2.45, 2.75) is 32.2 Å². The third-order valence-corrected chi connectivity index (χ3v) is 2.76. The van der Waals surface area contributed by atoms with Crippen molar-refractivity contribution >= 4 is 17.3 Å². The Hall–Kier alpha value is -0.310. The summed E-state index contributed by atoms with van der Waals surface area (Å²) in [6, 6.07) is 0.545. The summed E-state index contributed by atoms with van der Waals surface area (Å²) < 4.78 is 0. The molecule has 1 atom stereocenters. The van der Waals surface area contributed by atoms with E-state index in [9.17, 15) is 0 Å². The van der Waals surface area contributed by atoms with E-state index in [2.05, 4.69) is 17.6 Å². The molecule has 0 unspecified atom stereocenters. The molecule has 1 rings (SSSR count). The van der Waals surface area contributed by atoms with Gasteiger partial charge < -0.3 is 10.6 Å². The van der Waals surface area contributed by atoms with Crippen LogP contribution < -0.4 is 10.6 Å². The van der Waals surface area contributed by atoms with E-state index in [0.717, 1.165) is 11.0 Å². The number of hydrogen-bond acceptors (Lipinski definition) is 1. The Morgan fingerprint density at radius 2 is 2.18 bits per heavy atom. The molecule has 3 heteroatoms. The molecule has 64 valence electrons. The van der Waals surface area contributed by atoms with Crippen LogP contribution in [0.4, 0.5) is 0 Å². The third-order valence-electron chi connectivity index (χ3n) is 2.44. The second-order valence-corrected chi connectivity index (χ2v) is 3.61. The van der Waals surface area contributed by atoms with E-state index in [4.69, 9.17) is 12.2 Å². The fourth-order valence-corrected chi connectivity index (χ4v) is 1.52. The summed E-state index contributed by atoms with van der Waals surface area (Å²) in [7, 11) is 1.85. The number of thiocarbonyl (C=S) groups is 1. The van der Waals surface area contributed by atoms with Gasteiger partial charge >= 0.3 is 0 Å². The topological polar surface area (TPSA) is 24.1 Å². The van der Waals surface area contributed by atoms with E-state index < -0.39 is 0 Å². The normalized spacial score (nSPS) is 20.2. The Bertz CT molecular complexity index is 143. The molecule has 0 spiro atoms. The van der Waals surface area contributed by atoms with Crippen molar-refractivity contribution in [3.05, 3.63) is 0 Å². The van der Waals surface area contributed by atoms with Crippen molar-refractivity contribution in [2.24, 2.45) is 5.92 Å². The lowest BCUT2D eigenvalue weighted by Gasteiger charge is -2.32. The first kappa shape index (κ1) is 8.78. The van der Waals surface area contributed by atoms with Gasteiger partial charge in [-0.15, -0.1) is 0 Å². The van der Waals surface area contributed by atoms with Crippen molar-refractivity contribution in [3.8, 4) is 0 Å². The standard InChI is InChI=1S/C8H16N2S/c1-6(7-4-3-5-7)10-8(11)9-2/h6-7H,3-5H2,1-2H3,(H2,9,10,11)/t6-/m1/s1. The molecule has 0 aromatic rings. The summed E-state index contributed by atoms with van der Waals surface area (Å²) in [5.41, 5.74) is 0. The molecule has 1 saturated carbocycles. The fourth-order valence-electron chi connectivity index (χ4n) is 1.34. The molecule has 0 aromatic heterocycles. The molecule has 0 aromatic carbocycles. The molecule has 0 heterocycles. The molecule has 0 amide bonds. The summed E-state index contributed by atoms with van der Waals surface area (Å²) in [5, 5.41) is 6.94. The van der Waals surface area contributed by atoms with E-state index in [1.165, 1.54) is 19.3 Å². The lowest BCUT2D eigenvalue weighted by Crippen LogP contribution is -2.44. The van der Waals surface area contributed by atoms with Gasteiger partial charge in [-0.05, 0) is 37.9 Å². The van der Waals surface area contributed by atoms with Gasteiger partial charge in [-0.25, -0.2) is 0 Å². The maximum atomic E-state index is 5.00. The van der Waals surface area contributed by atoms with Gasteiger partial charge in [0.05, 0.1) is 0 Å². The third kappa shape index (κ3) is 2.33. The highest BCUT2D eigenvalue weighted by Gasteiger charge is 2.23. The minimum atomic E-state index is 0.545. The number of nitrogens with one attached hydrogen (secondary N) is 2. The zero-order chi connectivity index (χ0) is 8.27. The molecule has 2 nitrogen and oxygen atoms in total. The Morgan fingerprint density at radius 3 is 2.55 bits per heavy atom. The predicted octanol–water partition coefficient (Wildman–Crippen LogP) is 1.27. The first-order chi connectivity index (χ1) is 5.24. The molecule has 0 aliphatic heterocycles. The zero-order valence-electron chi connectivity index (χ0n) is 7.18. The van der Waals surface area contributed by atoms with Crippen molar-refractivity contribution < 1.29 is 0 Å². The van der Waals surface area contributed by atoms with Crippen molar-refractivity contribution in [1.29, 1.82) is 0 Å². The monoisotopic (exact) mass is 172 g/mol. The molecule has 1 aliphatic carbocycles. The van der Waals surface area contributed by atoms with Crippen LogP contribution in [0.3, 0.4) is 0 Å². The van der Waals surface area contributed by atoms with Crippen molar-refractivity contribution in [2.75, 3.05) is 7.05 Å². The van der Waals surface area contributed by atoms with Crippen LogP contribution in [0.2, 0.25) is 0 Å². The first-order valence-corrected chi connectivity index (χ1v) is 4.63. The highest BCUT2D eigenvalue weighted by Crippen LogP contribution is 2.29. The van der Waals surface area contributed by atoms with Crippen LogP contribution in [-0.4, -0.2) is 18.2 Å². The molecule has 2 N–H and O–H groups in total. The maximum absolute atomic E-state index is 5.00. The summed E-state index contributed by atoms with van der Waals surface area (Å²) in [4.78, 5) is 0. The SMILES string of the molecule is CNC(=S)N[C@H](C)C1CCC1. The Balaban J connectivity index is 2.19. The molecular formula is C8H16N2S. The molecular weight excluding hydrogens is 156 g/mol. The highest BCUT2D eigenvalue weighted by molar-refractivity contribution is 7.80. The fraction of sp³-hybridized carbons (Fsp3) is 0.875. The summed E-state index contributed by atoms with van der Waals surface area (Å²) in [6.07, 6.45) is 4.12. The average molecular weight is 172 g/mol. The largest absolute Gasteiger partial charge is 0.366 e. The van der Waals surface area contributed by atoms with E-state index >= 15 is 0 Å². The van der Waals surface area contributed by atoms with Gasteiger partial charge in [0.1, 0.15) is 0 Å². The Kier molecular flexibility index (Phi) is 3.12. The first-order valence-electron chi connectivity index (χ1n) is 4.22. The van der Waals surface area contributed by atoms with Crippen molar-refractivity contribution in [3.63, 3.8) is 0 Å².